The van der Waals surface area contributed by atoms with E-state index in [0.29, 0.717) is 5.25 Å². The summed E-state index contributed by atoms with van der Waals surface area (Å²) in [6.45, 7) is 0. The number of para-hydroxylation sites is 2. The third kappa shape index (κ3) is 2.08. The maximum Gasteiger partial charge on any atom is 0.164 e. The molecule has 1 N–H and O–H groups in total. The molecule has 3 aromatic rings. The normalized spacial score (nSPS) is 18.4. The number of hydrogen-bond acceptors (Lipinski definition) is 4. The van der Waals surface area contributed by atoms with Crippen molar-refractivity contribution in [1.29, 1.82) is 0 Å². The zero-order chi connectivity index (χ0) is 14.2. The Labute approximate surface area is 126 Å². The lowest BCUT2D eigenvalue weighted by Gasteiger charge is -2.13. The van der Waals surface area contributed by atoms with Gasteiger partial charge in [-0.3, -0.25) is 4.57 Å². The zero-order valence-corrected chi connectivity index (χ0v) is 12.3. The van der Waals surface area contributed by atoms with E-state index in [4.69, 9.17) is 4.98 Å². The molecule has 0 bridgehead atoms. The molecule has 1 saturated heterocycles. The van der Waals surface area contributed by atoms with Gasteiger partial charge in [0.1, 0.15) is 17.1 Å². The van der Waals surface area contributed by atoms with Crippen molar-refractivity contribution in [3.05, 3.63) is 48.4 Å². The summed E-state index contributed by atoms with van der Waals surface area (Å²) >= 11 is 1.93. The van der Waals surface area contributed by atoms with Crippen LogP contribution in [0.3, 0.4) is 0 Å². The molecule has 1 aliphatic rings. The molecule has 0 spiro atoms. The topological polar surface area (TPSA) is 50.9 Å². The number of nitrogens with zero attached hydrogens (tertiary/aromatic N) is 3. The minimum atomic E-state index is 0.256. The Balaban J connectivity index is 2.00. The van der Waals surface area contributed by atoms with Crippen LogP contribution in [0.2, 0.25) is 0 Å². The summed E-state index contributed by atoms with van der Waals surface area (Å²) in [6.07, 6.45) is 4.11. The molecule has 106 valence electrons. The summed E-state index contributed by atoms with van der Waals surface area (Å²) in [6, 6.07) is 11.2. The molecule has 0 amide bonds. The molecular weight excluding hydrogens is 282 g/mol. The minimum absolute atomic E-state index is 0.256. The standard InChI is InChI=1S/C16H15N3OS/c20-13-7-2-1-6-12(13)19-15-11(5-3-9-17-15)18-16(19)14-8-4-10-21-14/h1-3,5-7,9,14,20H,4,8,10H2. The van der Waals surface area contributed by atoms with Gasteiger partial charge in [0, 0.05) is 6.20 Å². The third-order valence-electron chi connectivity index (χ3n) is 3.78. The first-order valence-corrected chi connectivity index (χ1v) is 8.13. The molecule has 0 radical (unpaired) electrons. The number of aromatic hydroxyl groups is 1. The van der Waals surface area contributed by atoms with Gasteiger partial charge in [-0.15, -0.1) is 0 Å². The van der Waals surface area contributed by atoms with Crippen LogP contribution < -0.4 is 0 Å². The number of pyridine rings is 1. The van der Waals surface area contributed by atoms with Crippen molar-refractivity contribution in [2.24, 2.45) is 0 Å². The smallest absolute Gasteiger partial charge is 0.164 e. The second-order valence-corrected chi connectivity index (χ2v) is 6.45. The van der Waals surface area contributed by atoms with E-state index in [0.717, 1.165) is 29.1 Å². The Morgan fingerprint density at radius 2 is 2.10 bits per heavy atom. The van der Waals surface area contributed by atoms with Gasteiger partial charge in [-0.1, -0.05) is 12.1 Å². The minimum Gasteiger partial charge on any atom is -0.506 e. The van der Waals surface area contributed by atoms with Crippen molar-refractivity contribution in [1.82, 2.24) is 14.5 Å². The first kappa shape index (κ1) is 12.7. The van der Waals surface area contributed by atoms with Crippen LogP contribution in [0.4, 0.5) is 0 Å². The van der Waals surface area contributed by atoms with Gasteiger partial charge in [0.15, 0.2) is 5.65 Å². The van der Waals surface area contributed by atoms with Gasteiger partial charge in [-0.05, 0) is 42.9 Å². The highest BCUT2D eigenvalue weighted by atomic mass is 32.2. The lowest BCUT2D eigenvalue weighted by atomic mass is 10.2. The van der Waals surface area contributed by atoms with Crippen molar-refractivity contribution in [3.63, 3.8) is 0 Å². The van der Waals surface area contributed by atoms with E-state index in [9.17, 15) is 5.11 Å². The summed E-state index contributed by atoms with van der Waals surface area (Å²) in [5.41, 5.74) is 2.44. The second-order valence-electron chi connectivity index (χ2n) is 5.14. The number of imidazole rings is 1. The average Bonchev–Trinajstić information content (AvgIpc) is 3.15. The molecule has 1 atom stereocenters. The van der Waals surface area contributed by atoms with E-state index < -0.39 is 0 Å². The van der Waals surface area contributed by atoms with E-state index in [1.807, 2.05) is 46.7 Å². The molecular formula is C16H15N3OS. The predicted molar refractivity (Wildman–Crippen MR) is 85.0 cm³/mol. The summed E-state index contributed by atoms with van der Waals surface area (Å²) in [5, 5.41) is 10.6. The fourth-order valence-corrected chi connectivity index (χ4v) is 4.08. The number of fused-ring (bicyclic) bond motifs is 1. The Hall–Kier alpha value is -2.01. The fourth-order valence-electron chi connectivity index (χ4n) is 2.82. The molecule has 0 aliphatic carbocycles. The predicted octanol–water partition coefficient (Wildman–Crippen LogP) is 3.69. The molecule has 1 aliphatic heterocycles. The van der Waals surface area contributed by atoms with Gasteiger partial charge in [0.2, 0.25) is 0 Å². The van der Waals surface area contributed by atoms with Crippen LogP contribution in [0.5, 0.6) is 5.75 Å². The molecule has 1 aromatic carbocycles. The van der Waals surface area contributed by atoms with Crippen molar-refractivity contribution in [2.45, 2.75) is 18.1 Å². The molecule has 0 saturated carbocycles. The number of rotatable bonds is 2. The number of phenols is 1. The van der Waals surface area contributed by atoms with Crippen molar-refractivity contribution in [3.8, 4) is 11.4 Å². The second kappa shape index (κ2) is 5.07. The third-order valence-corrected chi connectivity index (χ3v) is 5.16. The van der Waals surface area contributed by atoms with Gasteiger partial charge in [0.25, 0.3) is 0 Å². The number of thioether (sulfide) groups is 1. The van der Waals surface area contributed by atoms with Crippen LogP contribution in [0.1, 0.15) is 23.9 Å². The lowest BCUT2D eigenvalue weighted by molar-refractivity contribution is 0.472. The maximum absolute atomic E-state index is 10.2. The quantitative estimate of drug-likeness (QED) is 0.783. The summed E-state index contributed by atoms with van der Waals surface area (Å²) in [4.78, 5) is 9.25. The molecule has 4 nitrogen and oxygen atoms in total. The highest BCUT2D eigenvalue weighted by Gasteiger charge is 2.26. The van der Waals surface area contributed by atoms with Crippen LogP contribution in [0.25, 0.3) is 16.9 Å². The highest BCUT2D eigenvalue weighted by molar-refractivity contribution is 7.99. The molecule has 1 fully saturated rings. The van der Waals surface area contributed by atoms with Crippen LogP contribution in [0, 0.1) is 0 Å². The van der Waals surface area contributed by atoms with Crippen LogP contribution >= 0.6 is 11.8 Å². The average molecular weight is 297 g/mol. The van der Waals surface area contributed by atoms with E-state index in [2.05, 4.69) is 4.98 Å². The van der Waals surface area contributed by atoms with Gasteiger partial charge in [-0.25, -0.2) is 9.97 Å². The Morgan fingerprint density at radius 3 is 2.90 bits per heavy atom. The van der Waals surface area contributed by atoms with Gasteiger partial charge in [0.05, 0.1) is 10.9 Å². The van der Waals surface area contributed by atoms with Crippen LogP contribution in [-0.2, 0) is 0 Å². The summed E-state index contributed by atoms with van der Waals surface area (Å²) < 4.78 is 2.01. The monoisotopic (exact) mass is 297 g/mol. The highest BCUT2D eigenvalue weighted by Crippen LogP contribution is 2.41. The molecule has 4 rings (SSSR count). The Morgan fingerprint density at radius 1 is 1.19 bits per heavy atom. The summed E-state index contributed by atoms with van der Waals surface area (Å²) in [7, 11) is 0. The molecule has 1 unspecified atom stereocenters. The van der Waals surface area contributed by atoms with Crippen LogP contribution in [0.15, 0.2) is 42.6 Å². The van der Waals surface area contributed by atoms with Crippen molar-refractivity contribution < 1.29 is 5.11 Å². The Bertz CT molecular complexity index is 793. The van der Waals surface area contributed by atoms with Crippen molar-refractivity contribution in [2.75, 3.05) is 5.75 Å². The molecule has 3 heterocycles. The molecule has 21 heavy (non-hydrogen) atoms. The van der Waals surface area contributed by atoms with E-state index in [1.54, 1.807) is 12.3 Å². The number of aromatic nitrogens is 3. The van der Waals surface area contributed by atoms with Gasteiger partial charge < -0.3 is 5.11 Å². The molecule has 5 heteroatoms. The maximum atomic E-state index is 10.2. The van der Waals surface area contributed by atoms with Gasteiger partial charge in [-0.2, -0.15) is 11.8 Å². The molecule has 2 aromatic heterocycles. The fraction of sp³-hybridized carbons (Fsp3) is 0.250. The van der Waals surface area contributed by atoms with E-state index >= 15 is 0 Å². The first-order valence-electron chi connectivity index (χ1n) is 7.08. The zero-order valence-electron chi connectivity index (χ0n) is 11.4. The van der Waals surface area contributed by atoms with E-state index in [-0.39, 0.29) is 5.75 Å². The SMILES string of the molecule is Oc1ccccc1-n1c(C2CCCS2)nc2cccnc21. The Kier molecular flexibility index (Phi) is 3.07. The summed E-state index contributed by atoms with van der Waals surface area (Å²) in [5.74, 6) is 2.42. The number of benzene rings is 1. The van der Waals surface area contributed by atoms with Gasteiger partial charge >= 0.3 is 0 Å². The largest absolute Gasteiger partial charge is 0.506 e. The van der Waals surface area contributed by atoms with Crippen molar-refractivity contribution >= 4 is 22.9 Å². The number of phenolic OH excluding ortho intramolecular Hbond substituents is 1. The van der Waals surface area contributed by atoms with E-state index in [1.165, 1.54) is 12.2 Å². The lowest BCUT2D eigenvalue weighted by Crippen LogP contribution is -2.04. The number of hydrogen-bond donors (Lipinski definition) is 1. The van der Waals surface area contributed by atoms with Crippen LogP contribution in [-0.4, -0.2) is 25.4 Å². The first-order chi connectivity index (χ1) is 10.3.